The van der Waals surface area contributed by atoms with Crippen LogP contribution in [0.25, 0.3) is 11.5 Å². The SMILES string of the molecule is CC(C)N=c1scc(-c2ccco2)n1N=Cc1ccsc1. The zero-order valence-corrected chi connectivity index (χ0v) is 13.4. The lowest BCUT2D eigenvalue weighted by Crippen LogP contribution is -2.14. The maximum atomic E-state index is 5.49. The van der Waals surface area contributed by atoms with Crippen molar-refractivity contribution in [3.8, 4) is 11.5 Å². The van der Waals surface area contributed by atoms with E-state index in [1.54, 1.807) is 28.9 Å². The van der Waals surface area contributed by atoms with Gasteiger partial charge in [0.2, 0.25) is 4.80 Å². The van der Waals surface area contributed by atoms with Gasteiger partial charge in [-0.05, 0) is 42.8 Å². The van der Waals surface area contributed by atoms with E-state index in [4.69, 9.17) is 4.42 Å². The van der Waals surface area contributed by atoms with Crippen molar-refractivity contribution in [1.82, 2.24) is 4.68 Å². The topological polar surface area (TPSA) is 42.8 Å². The predicted molar refractivity (Wildman–Crippen MR) is 88.0 cm³/mol. The molecule has 21 heavy (non-hydrogen) atoms. The van der Waals surface area contributed by atoms with E-state index in [0.29, 0.717) is 0 Å². The van der Waals surface area contributed by atoms with Gasteiger partial charge in [-0.2, -0.15) is 16.4 Å². The molecule has 0 N–H and O–H groups in total. The third-order valence-electron chi connectivity index (χ3n) is 2.69. The monoisotopic (exact) mass is 317 g/mol. The van der Waals surface area contributed by atoms with Crippen molar-refractivity contribution in [2.75, 3.05) is 0 Å². The zero-order valence-electron chi connectivity index (χ0n) is 11.8. The van der Waals surface area contributed by atoms with Crippen LogP contribution < -0.4 is 4.80 Å². The molecule has 3 rings (SSSR count). The molecule has 0 radical (unpaired) electrons. The van der Waals surface area contributed by atoms with Crippen molar-refractivity contribution in [2.24, 2.45) is 10.1 Å². The van der Waals surface area contributed by atoms with Crippen LogP contribution in [0.5, 0.6) is 0 Å². The Kier molecular flexibility index (Phi) is 4.17. The lowest BCUT2D eigenvalue weighted by Gasteiger charge is -2.00. The minimum atomic E-state index is 0.218. The fourth-order valence-corrected chi connectivity index (χ4v) is 3.35. The van der Waals surface area contributed by atoms with Gasteiger partial charge in [-0.25, -0.2) is 4.68 Å². The molecule has 108 valence electrons. The molecule has 0 aromatic carbocycles. The van der Waals surface area contributed by atoms with Crippen LogP contribution in [0.4, 0.5) is 0 Å². The highest BCUT2D eigenvalue weighted by Crippen LogP contribution is 2.20. The van der Waals surface area contributed by atoms with E-state index in [2.05, 4.69) is 29.3 Å². The van der Waals surface area contributed by atoms with E-state index >= 15 is 0 Å². The van der Waals surface area contributed by atoms with Gasteiger partial charge in [0.05, 0.1) is 12.5 Å². The first-order valence-corrected chi connectivity index (χ1v) is 8.41. The van der Waals surface area contributed by atoms with Crippen LogP contribution in [-0.4, -0.2) is 16.9 Å². The molecule has 0 fully saturated rings. The van der Waals surface area contributed by atoms with Gasteiger partial charge in [-0.15, -0.1) is 11.3 Å². The highest BCUT2D eigenvalue weighted by Gasteiger charge is 2.09. The van der Waals surface area contributed by atoms with Gasteiger partial charge in [0.1, 0.15) is 5.69 Å². The number of furan rings is 1. The van der Waals surface area contributed by atoms with Crippen LogP contribution in [0, 0.1) is 0 Å². The third-order valence-corrected chi connectivity index (χ3v) is 4.22. The summed E-state index contributed by atoms with van der Waals surface area (Å²) < 4.78 is 7.32. The molecule has 0 aliphatic rings. The third kappa shape index (κ3) is 3.22. The highest BCUT2D eigenvalue weighted by atomic mass is 32.1. The van der Waals surface area contributed by atoms with Crippen molar-refractivity contribution in [3.63, 3.8) is 0 Å². The molecule has 0 amide bonds. The van der Waals surface area contributed by atoms with E-state index < -0.39 is 0 Å². The number of hydrogen-bond donors (Lipinski definition) is 0. The second-order valence-electron chi connectivity index (χ2n) is 4.72. The molecule has 0 unspecified atom stereocenters. The standard InChI is InChI=1S/C15H15N3OS2/c1-11(2)17-15-18(16-8-12-5-7-20-9-12)13(10-21-15)14-4-3-6-19-14/h3-11H,1-2H3. The smallest absolute Gasteiger partial charge is 0.206 e. The Labute approximate surface area is 130 Å². The average molecular weight is 317 g/mol. The van der Waals surface area contributed by atoms with Crippen LogP contribution in [-0.2, 0) is 0 Å². The summed E-state index contributed by atoms with van der Waals surface area (Å²) in [5.41, 5.74) is 2.00. The minimum absolute atomic E-state index is 0.218. The van der Waals surface area contributed by atoms with Crippen LogP contribution in [0.1, 0.15) is 19.4 Å². The summed E-state index contributed by atoms with van der Waals surface area (Å²) >= 11 is 3.22. The summed E-state index contributed by atoms with van der Waals surface area (Å²) in [6, 6.07) is 6.06. The fraction of sp³-hybridized carbons (Fsp3) is 0.200. The molecule has 0 spiro atoms. The lowest BCUT2D eigenvalue weighted by molar-refractivity contribution is 0.575. The normalized spacial score (nSPS) is 12.8. The van der Waals surface area contributed by atoms with Gasteiger partial charge in [0.15, 0.2) is 5.76 Å². The van der Waals surface area contributed by atoms with Crippen molar-refractivity contribution < 1.29 is 4.42 Å². The summed E-state index contributed by atoms with van der Waals surface area (Å²) in [6.07, 6.45) is 3.51. The molecule has 0 saturated heterocycles. The summed E-state index contributed by atoms with van der Waals surface area (Å²) in [4.78, 5) is 5.48. The first-order chi connectivity index (χ1) is 10.2. The van der Waals surface area contributed by atoms with Crippen LogP contribution in [0.3, 0.4) is 0 Å². The van der Waals surface area contributed by atoms with Gasteiger partial charge < -0.3 is 4.42 Å². The number of aromatic nitrogens is 1. The minimum Gasteiger partial charge on any atom is -0.463 e. The van der Waals surface area contributed by atoms with Crippen LogP contribution in [0.15, 0.2) is 55.1 Å². The largest absolute Gasteiger partial charge is 0.463 e. The lowest BCUT2D eigenvalue weighted by atomic mass is 10.4. The quantitative estimate of drug-likeness (QED) is 0.669. The number of rotatable bonds is 4. The molecular formula is C15H15N3OS2. The van der Waals surface area contributed by atoms with E-state index in [1.807, 2.05) is 39.8 Å². The second-order valence-corrected chi connectivity index (χ2v) is 6.33. The molecule has 3 heterocycles. The average Bonchev–Trinajstić information content (AvgIpc) is 3.18. The summed E-state index contributed by atoms with van der Waals surface area (Å²) in [6.45, 7) is 4.11. The van der Waals surface area contributed by atoms with Crippen molar-refractivity contribution in [1.29, 1.82) is 0 Å². The Morgan fingerprint density at radius 1 is 1.29 bits per heavy atom. The first kappa shape index (κ1) is 14.0. The Balaban J connectivity index is 2.08. The van der Waals surface area contributed by atoms with Crippen molar-refractivity contribution in [3.05, 3.63) is 51.0 Å². The van der Waals surface area contributed by atoms with Gasteiger partial charge in [-0.1, -0.05) is 0 Å². The molecule has 0 aliphatic heterocycles. The van der Waals surface area contributed by atoms with E-state index in [9.17, 15) is 0 Å². The van der Waals surface area contributed by atoms with Gasteiger partial charge in [0.25, 0.3) is 0 Å². The molecule has 3 aromatic heterocycles. The summed E-state index contributed by atoms with van der Waals surface area (Å²) in [5, 5.41) is 10.7. The molecule has 6 heteroatoms. The Morgan fingerprint density at radius 3 is 2.86 bits per heavy atom. The summed E-state index contributed by atoms with van der Waals surface area (Å²) in [7, 11) is 0. The van der Waals surface area contributed by atoms with Gasteiger partial charge in [-0.3, -0.25) is 4.99 Å². The van der Waals surface area contributed by atoms with E-state index in [0.717, 1.165) is 21.8 Å². The second kappa shape index (κ2) is 6.24. The highest BCUT2D eigenvalue weighted by molar-refractivity contribution is 7.08. The Hall–Kier alpha value is -1.92. The van der Waals surface area contributed by atoms with Gasteiger partial charge in [0, 0.05) is 17.0 Å². The number of thiazole rings is 1. The van der Waals surface area contributed by atoms with E-state index in [1.165, 1.54) is 0 Å². The van der Waals surface area contributed by atoms with Crippen LogP contribution >= 0.6 is 22.7 Å². The molecule has 0 bridgehead atoms. The van der Waals surface area contributed by atoms with Crippen molar-refractivity contribution in [2.45, 2.75) is 19.9 Å². The molecular weight excluding hydrogens is 302 g/mol. The number of nitrogens with zero attached hydrogens (tertiary/aromatic N) is 3. The molecule has 0 atom stereocenters. The Morgan fingerprint density at radius 2 is 2.19 bits per heavy atom. The number of thiophene rings is 1. The molecule has 3 aromatic rings. The molecule has 0 aliphatic carbocycles. The molecule has 4 nitrogen and oxygen atoms in total. The Bertz CT molecular complexity index is 777. The molecule has 0 saturated carbocycles. The fourth-order valence-electron chi connectivity index (χ4n) is 1.79. The predicted octanol–water partition coefficient (Wildman–Crippen LogP) is 4.06. The zero-order chi connectivity index (χ0) is 14.7. The summed E-state index contributed by atoms with van der Waals surface area (Å²) in [5.74, 6) is 0.791. The van der Waals surface area contributed by atoms with Crippen LogP contribution in [0.2, 0.25) is 0 Å². The first-order valence-electron chi connectivity index (χ1n) is 6.59. The maximum Gasteiger partial charge on any atom is 0.206 e. The van der Waals surface area contributed by atoms with Gasteiger partial charge >= 0.3 is 0 Å². The van der Waals surface area contributed by atoms with E-state index in [-0.39, 0.29) is 6.04 Å². The van der Waals surface area contributed by atoms with Crippen molar-refractivity contribution >= 4 is 28.9 Å². The maximum absolute atomic E-state index is 5.49. The number of hydrogen-bond acceptors (Lipinski definition) is 5.